The van der Waals surface area contributed by atoms with Crippen molar-refractivity contribution in [3.05, 3.63) is 0 Å². The van der Waals surface area contributed by atoms with Crippen LogP contribution in [0.3, 0.4) is 0 Å². The molecule has 3 heteroatoms. The molecule has 68 valence electrons. The van der Waals surface area contributed by atoms with Crippen LogP contribution in [0.4, 0.5) is 0 Å². The minimum absolute atomic E-state index is 0.244. The molecular weight excluding hydrogens is 152 g/mol. The van der Waals surface area contributed by atoms with E-state index in [0.717, 1.165) is 25.6 Å². The predicted octanol–water partition coefficient (Wildman–Crippen LogP) is 0.217. The zero-order valence-corrected chi connectivity index (χ0v) is 7.55. The van der Waals surface area contributed by atoms with Gasteiger partial charge < -0.3 is 10.2 Å². The average Bonchev–Trinajstić information content (AvgIpc) is 2.49. The monoisotopic (exact) mass is 168 g/mol. The zero-order valence-electron chi connectivity index (χ0n) is 7.55. The molecule has 2 aliphatic heterocycles. The molecule has 0 radical (unpaired) electrons. The van der Waals surface area contributed by atoms with Crippen LogP contribution in [0.15, 0.2) is 0 Å². The molecule has 2 fully saturated rings. The fraction of sp³-hybridized carbons (Fsp3) is 0.889. The van der Waals surface area contributed by atoms with Crippen molar-refractivity contribution in [2.75, 3.05) is 19.6 Å². The van der Waals surface area contributed by atoms with Crippen LogP contribution in [0.25, 0.3) is 0 Å². The molecule has 0 bridgehead atoms. The Balaban J connectivity index is 2.08. The summed E-state index contributed by atoms with van der Waals surface area (Å²) in [5.41, 5.74) is 0. The number of piperidine rings is 1. The molecule has 2 saturated heterocycles. The fourth-order valence-corrected chi connectivity index (χ4v) is 2.46. The molecule has 2 heterocycles. The van der Waals surface area contributed by atoms with Gasteiger partial charge in [0.25, 0.3) is 0 Å². The number of hydrogen-bond donors (Lipinski definition) is 1. The van der Waals surface area contributed by atoms with Crippen molar-refractivity contribution in [1.29, 1.82) is 0 Å². The number of nitrogens with zero attached hydrogens (tertiary/aromatic N) is 1. The van der Waals surface area contributed by atoms with E-state index in [4.69, 9.17) is 0 Å². The van der Waals surface area contributed by atoms with E-state index in [1.807, 2.05) is 4.90 Å². The molecule has 0 aromatic heterocycles. The maximum atomic E-state index is 11.2. The Labute approximate surface area is 73.1 Å². The summed E-state index contributed by atoms with van der Waals surface area (Å²) < 4.78 is 0. The van der Waals surface area contributed by atoms with Gasteiger partial charge in [-0.1, -0.05) is 0 Å². The summed E-state index contributed by atoms with van der Waals surface area (Å²) >= 11 is 0. The van der Waals surface area contributed by atoms with E-state index in [1.54, 1.807) is 6.92 Å². The number of rotatable bonds is 0. The zero-order chi connectivity index (χ0) is 8.55. The summed E-state index contributed by atoms with van der Waals surface area (Å²) in [5, 5.41) is 3.36. The summed E-state index contributed by atoms with van der Waals surface area (Å²) in [6.45, 7) is 4.76. The molecule has 3 nitrogen and oxygen atoms in total. The lowest BCUT2D eigenvalue weighted by Gasteiger charge is -2.36. The molecular formula is C9H16N2O. The standard InChI is InChI=1S/C9H16N2O/c1-7(12)11-4-2-3-8-5-10-6-9(8)11/h8-10H,2-6H2,1H3/t8-,9+/m0/s1. The summed E-state index contributed by atoms with van der Waals surface area (Å²) in [7, 11) is 0. The van der Waals surface area contributed by atoms with Gasteiger partial charge in [0, 0.05) is 32.6 Å². The Hall–Kier alpha value is -0.570. The van der Waals surface area contributed by atoms with Gasteiger partial charge in [-0.2, -0.15) is 0 Å². The Bertz CT molecular complexity index is 193. The number of amides is 1. The van der Waals surface area contributed by atoms with Crippen LogP contribution >= 0.6 is 0 Å². The van der Waals surface area contributed by atoms with E-state index in [1.165, 1.54) is 12.8 Å². The van der Waals surface area contributed by atoms with Crippen LogP contribution in [-0.2, 0) is 4.79 Å². The van der Waals surface area contributed by atoms with Crippen molar-refractivity contribution in [3.8, 4) is 0 Å². The second kappa shape index (κ2) is 3.05. The summed E-state index contributed by atoms with van der Waals surface area (Å²) in [5.74, 6) is 0.969. The molecule has 0 saturated carbocycles. The summed E-state index contributed by atoms with van der Waals surface area (Å²) in [6.07, 6.45) is 2.48. The summed E-state index contributed by atoms with van der Waals surface area (Å²) in [6, 6.07) is 0.497. The fourth-order valence-electron chi connectivity index (χ4n) is 2.46. The average molecular weight is 168 g/mol. The van der Waals surface area contributed by atoms with Crippen molar-refractivity contribution >= 4 is 5.91 Å². The van der Waals surface area contributed by atoms with Crippen molar-refractivity contribution in [3.63, 3.8) is 0 Å². The molecule has 0 unspecified atom stereocenters. The third-order valence-electron chi connectivity index (χ3n) is 3.08. The minimum Gasteiger partial charge on any atom is -0.338 e. The van der Waals surface area contributed by atoms with Gasteiger partial charge in [-0.15, -0.1) is 0 Å². The predicted molar refractivity (Wildman–Crippen MR) is 46.8 cm³/mol. The first-order valence-electron chi connectivity index (χ1n) is 4.77. The molecule has 1 amide bonds. The largest absolute Gasteiger partial charge is 0.338 e. The highest BCUT2D eigenvalue weighted by atomic mass is 16.2. The lowest BCUT2D eigenvalue weighted by atomic mass is 9.92. The Kier molecular flexibility index (Phi) is 2.05. The molecule has 0 aliphatic carbocycles. The second-order valence-corrected chi connectivity index (χ2v) is 3.84. The quantitative estimate of drug-likeness (QED) is 0.561. The Morgan fingerprint density at radius 3 is 3.08 bits per heavy atom. The molecule has 12 heavy (non-hydrogen) atoms. The van der Waals surface area contributed by atoms with Crippen molar-refractivity contribution < 1.29 is 4.79 Å². The van der Waals surface area contributed by atoms with E-state index in [-0.39, 0.29) is 5.91 Å². The third kappa shape index (κ3) is 1.22. The normalized spacial score (nSPS) is 34.9. The number of hydrogen-bond acceptors (Lipinski definition) is 2. The maximum absolute atomic E-state index is 11.2. The van der Waals surface area contributed by atoms with Crippen molar-refractivity contribution in [2.24, 2.45) is 5.92 Å². The number of carbonyl (C=O) groups excluding carboxylic acids is 1. The molecule has 2 rings (SSSR count). The van der Waals surface area contributed by atoms with Crippen LogP contribution < -0.4 is 5.32 Å². The number of carbonyl (C=O) groups is 1. The van der Waals surface area contributed by atoms with Crippen LogP contribution in [0, 0.1) is 5.92 Å². The first kappa shape index (κ1) is 8.05. The maximum Gasteiger partial charge on any atom is 0.219 e. The molecule has 0 aromatic carbocycles. The highest BCUT2D eigenvalue weighted by Gasteiger charge is 2.35. The van der Waals surface area contributed by atoms with Gasteiger partial charge in [-0.05, 0) is 18.8 Å². The lowest BCUT2D eigenvalue weighted by Crippen LogP contribution is -2.47. The molecule has 0 aromatic rings. The smallest absolute Gasteiger partial charge is 0.219 e. The Morgan fingerprint density at radius 2 is 2.33 bits per heavy atom. The van der Waals surface area contributed by atoms with E-state index in [2.05, 4.69) is 5.32 Å². The van der Waals surface area contributed by atoms with Gasteiger partial charge in [0.15, 0.2) is 0 Å². The van der Waals surface area contributed by atoms with Crippen molar-refractivity contribution in [1.82, 2.24) is 10.2 Å². The van der Waals surface area contributed by atoms with Crippen LogP contribution in [0.2, 0.25) is 0 Å². The summed E-state index contributed by atoms with van der Waals surface area (Å²) in [4.78, 5) is 13.3. The molecule has 0 spiro atoms. The lowest BCUT2D eigenvalue weighted by molar-refractivity contribution is -0.132. The molecule has 1 N–H and O–H groups in total. The van der Waals surface area contributed by atoms with E-state index >= 15 is 0 Å². The van der Waals surface area contributed by atoms with E-state index in [9.17, 15) is 4.79 Å². The first-order valence-corrected chi connectivity index (χ1v) is 4.77. The first-order chi connectivity index (χ1) is 5.79. The SMILES string of the molecule is CC(=O)N1CCC[C@H]2CNC[C@H]21. The van der Waals surface area contributed by atoms with Crippen molar-refractivity contribution in [2.45, 2.75) is 25.8 Å². The highest BCUT2D eigenvalue weighted by Crippen LogP contribution is 2.26. The van der Waals surface area contributed by atoms with E-state index in [0.29, 0.717) is 6.04 Å². The minimum atomic E-state index is 0.244. The number of nitrogens with one attached hydrogen (secondary N) is 1. The van der Waals surface area contributed by atoms with E-state index < -0.39 is 0 Å². The Morgan fingerprint density at radius 1 is 1.50 bits per heavy atom. The van der Waals surface area contributed by atoms with Gasteiger partial charge in [-0.25, -0.2) is 0 Å². The highest BCUT2D eigenvalue weighted by molar-refractivity contribution is 5.73. The molecule has 2 aliphatic rings. The van der Waals surface area contributed by atoms with Gasteiger partial charge >= 0.3 is 0 Å². The van der Waals surface area contributed by atoms with Gasteiger partial charge in [0.05, 0.1) is 0 Å². The number of fused-ring (bicyclic) bond motifs is 1. The van der Waals surface area contributed by atoms with Gasteiger partial charge in [-0.3, -0.25) is 4.79 Å². The van der Waals surface area contributed by atoms with Crippen LogP contribution in [-0.4, -0.2) is 36.5 Å². The topological polar surface area (TPSA) is 32.3 Å². The molecule has 2 atom stereocenters. The second-order valence-electron chi connectivity index (χ2n) is 3.84. The van der Waals surface area contributed by atoms with Gasteiger partial charge in [0.2, 0.25) is 5.91 Å². The third-order valence-corrected chi connectivity index (χ3v) is 3.08. The van der Waals surface area contributed by atoms with Crippen LogP contribution in [0.1, 0.15) is 19.8 Å². The number of likely N-dealkylation sites (tertiary alicyclic amines) is 1. The van der Waals surface area contributed by atoms with Crippen LogP contribution in [0.5, 0.6) is 0 Å². The van der Waals surface area contributed by atoms with Gasteiger partial charge in [0.1, 0.15) is 0 Å².